The first-order valence-corrected chi connectivity index (χ1v) is 8.42. The van der Waals surface area contributed by atoms with Gasteiger partial charge in [0.05, 0.1) is 9.47 Å². The van der Waals surface area contributed by atoms with Crippen LogP contribution in [0.25, 0.3) is 0 Å². The number of nitrogens with two attached hydrogens (primary N) is 1. The number of nitrogens with one attached hydrogen (secondary N) is 2. The summed E-state index contributed by atoms with van der Waals surface area (Å²) in [6.45, 7) is 0.248. The number of halogens is 1. The highest BCUT2D eigenvalue weighted by molar-refractivity contribution is 9.11. The second-order valence-electron chi connectivity index (χ2n) is 3.67. The Morgan fingerprint density at radius 2 is 1.95 bits per heavy atom. The number of hydrogen-bond donors (Lipinski definition) is 3. The van der Waals surface area contributed by atoms with E-state index in [0.717, 1.165) is 8.66 Å². The molecular weight excluding hydrogens is 350 g/mol. The highest BCUT2D eigenvalue weighted by atomic mass is 79.9. The molecule has 0 aliphatic heterocycles. The Hall–Kier alpha value is -0.930. The zero-order chi connectivity index (χ0) is 13.9. The van der Waals surface area contributed by atoms with Gasteiger partial charge in [-0.05, 0) is 40.2 Å². The third kappa shape index (κ3) is 3.54. The van der Waals surface area contributed by atoms with Gasteiger partial charge in [-0.3, -0.25) is 5.84 Å². The largest absolute Gasteiger partial charge is 0.323 e. The number of sulfonamides is 1. The summed E-state index contributed by atoms with van der Waals surface area (Å²) in [6.07, 6.45) is 0. The van der Waals surface area contributed by atoms with Crippen molar-refractivity contribution in [2.24, 2.45) is 5.84 Å². The molecule has 0 radical (unpaired) electrons. The van der Waals surface area contributed by atoms with Crippen molar-refractivity contribution in [1.82, 2.24) is 4.72 Å². The normalized spacial score (nSPS) is 11.5. The molecule has 0 fully saturated rings. The van der Waals surface area contributed by atoms with Crippen LogP contribution in [0.3, 0.4) is 0 Å². The van der Waals surface area contributed by atoms with Crippen LogP contribution in [0.15, 0.2) is 45.1 Å². The summed E-state index contributed by atoms with van der Waals surface area (Å²) in [5.74, 6) is 5.31. The predicted molar refractivity (Wildman–Crippen MR) is 80.3 cm³/mol. The molecular formula is C11H12BrN3O2S2. The Kier molecular flexibility index (Phi) is 4.58. The monoisotopic (exact) mass is 361 g/mol. The SMILES string of the molecule is NNc1ccccc1S(=O)(=O)NCc1ccc(Br)s1. The quantitative estimate of drug-likeness (QED) is 0.563. The van der Waals surface area contributed by atoms with Crippen molar-refractivity contribution < 1.29 is 8.42 Å². The van der Waals surface area contributed by atoms with Gasteiger partial charge in [-0.15, -0.1) is 11.3 Å². The second kappa shape index (κ2) is 6.02. The summed E-state index contributed by atoms with van der Waals surface area (Å²) in [4.78, 5) is 1.06. The van der Waals surface area contributed by atoms with Crippen LogP contribution >= 0.6 is 27.3 Å². The molecule has 4 N–H and O–H groups in total. The lowest BCUT2D eigenvalue weighted by Crippen LogP contribution is -2.24. The third-order valence-electron chi connectivity index (χ3n) is 2.40. The number of hydrazine groups is 1. The molecule has 2 rings (SSSR count). The van der Waals surface area contributed by atoms with E-state index in [1.54, 1.807) is 18.2 Å². The topological polar surface area (TPSA) is 84.2 Å². The Balaban J connectivity index is 2.18. The van der Waals surface area contributed by atoms with Crippen LogP contribution in [0, 0.1) is 0 Å². The fraction of sp³-hybridized carbons (Fsp3) is 0.0909. The van der Waals surface area contributed by atoms with Crippen LogP contribution < -0.4 is 16.0 Å². The standard InChI is InChI=1S/C11H12BrN3O2S2/c12-11-6-5-8(18-11)7-14-19(16,17)10-4-2-1-3-9(10)15-13/h1-6,14-15H,7,13H2. The van der Waals surface area contributed by atoms with Crippen LogP contribution in [0.5, 0.6) is 0 Å². The van der Waals surface area contributed by atoms with Crippen molar-refractivity contribution in [2.45, 2.75) is 11.4 Å². The van der Waals surface area contributed by atoms with Crippen LogP contribution in [0.4, 0.5) is 5.69 Å². The fourth-order valence-electron chi connectivity index (χ4n) is 1.51. The molecule has 0 saturated carbocycles. The van der Waals surface area contributed by atoms with Crippen LogP contribution in [0.1, 0.15) is 4.88 Å². The number of hydrogen-bond acceptors (Lipinski definition) is 5. The summed E-state index contributed by atoms with van der Waals surface area (Å²) in [7, 11) is -3.59. The molecule has 0 saturated heterocycles. The fourth-order valence-corrected chi connectivity index (χ4v) is 4.20. The molecule has 1 aromatic carbocycles. The van der Waals surface area contributed by atoms with E-state index in [4.69, 9.17) is 5.84 Å². The minimum absolute atomic E-state index is 0.133. The third-order valence-corrected chi connectivity index (χ3v) is 5.48. The molecule has 0 atom stereocenters. The van der Waals surface area contributed by atoms with Crippen LogP contribution in [-0.4, -0.2) is 8.42 Å². The van der Waals surface area contributed by atoms with E-state index in [9.17, 15) is 8.42 Å². The van der Waals surface area contributed by atoms with Crippen molar-refractivity contribution in [3.05, 3.63) is 45.1 Å². The van der Waals surface area contributed by atoms with Gasteiger partial charge in [-0.2, -0.15) is 0 Å². The lowest BCUT2D eigenvalue weighted by atomic mass is 10.3. The molecule has 102 valence electrons. The van der Waals surface area contributed by atoms with Gasteiger partial charge in [0.2, 0.25) is 10.0 Å². The van der Waals surface area contributed by atoms with Crippen molar-refractivity contribution in [1.29, 1.82) is 0 Å². The van der Waals surface area contributed by atoms with Crippen LogP contribution in [0.2, 0.25) is 0 Å². The number of thiophene rings is 1. The van der Waals surface area contributed by atoms with Crippen molar-refractivity contribution in [3.8, 4) is 0 Å². The molecule has 1 heterocycles. The smallest absolute Gasteiger partial charge is 0.243 e. The lowest BCUT2D eigenvalue weighted by Gasteiger charge is -2.10. The second-order valence-corrected chi connectivity index (χ2v) is 7.95. The lowest BCUT2D eigenvalue weighted by molar-refractivity contribution is 0.582. The Bertz CT molecular complexity index is 670. The van der Waals surface area contributed by atoms with Crippen molar-refractivity contribution in [2.75, 3.05) is 5.43 Å². The predicted octanol–water partition coefficient (Wildman–Crippen LogP) is 2.27. The maximum atomic E-state index is 12.2. The van der Waals surface area contributed by atoms with Crippen molar-refractivity contribution >= 4 is 43.0 Å². The highest BCUT2D eigenvalue weighted by Crippen LogP contribution is 2.23. The molecule has 1 aromatic heterocycles. The first kappa shape index (κ1) is 14.5. The average molecular weight is 362 g/mol. The van der Waals surface area contributed by atoms with E-state index < -0.39 is 10.0 Å². The zero-order valence-electron chi connectivity index (χ0n) is 9.76. The molecule has 8 heteroatoms. The molecule has 0 bridgehead atoms. The molecule has 0 aliphatic rings. The first-order chi connectivity index (χ1) is 9.03. The minimum atomic E-state index is -3.59. The summed E-state index contributed by atoms with van der Waals surface area (Å²) >= 11 is 4.82. The van der Waals surface area contributed by atoms with Gasteiger partial charge < -0.3 is 5.43 Å². The van der Waals surface area contributed by atoms with Gasteiger partial charge in [0.15, 0.2) is 0 Å². The maximum Gasteiger partial charge on any atom is 0.243 e. The number of nitrogen functional groups attached to an aromatic ring is 1. The summed E-state index contributed by atoms with van der Waals surface area (Å²) < 4.78 is 27.9. The average Bonchev–Trinajstić information content (AvgIpc) is 2.82. The van der Waals surface area contributed by atoms with E-state index in [-0.39, 0.29) is 11.4 Å². The highest BCUT2D eigenvalue weighted by Gasteiger charge is 2.17. The summed E-state index contributed by atoms with van der Waals surface area (Å²) in [5, 5.41) is 0. The summed E-state index contributed by atoms with van der Waals surface area (Å²) in [6, 6.07) is 10.2. The van der Waals surface area contributed by atoms with Crippen molar-refractivity contribution in [3.63, 3.8) is 0 Å². The Labute approximate surface area is 124 Å². The van der Waals surface area contributed by atoms with Gasteiger partial charge >= 0.3 is 0 Å². The van der Waals surface area contributed by atoms with E-state index in [1.165, 1.54) is 17.4 Å². The number of benzene rings is 1. The zero-order valence-corrected chi connectivity index (χ0v) is 13.0. The molecule has 19 heavy (non-hydrogen) atoms. The molecule has 0 spiro atoms. The molecule has 0 aliphatic carbocycles. The molecule has 5 nitrogen and oxygen atoms in total. The summed E-state index contributed by atoms with van der Waals surface area (Å²) in [5.41, 5.74) is 2.74. The van der Waals surface area contributed by atoms with E-state index in [2.05, 4.69) is 26.1 Å². The molecule has 0 amide bonds. The van der Waals surface area contributed by atoms with Gasteiger partial charge in [-0.1, -0.05) is 12.1 Å². The van der Waals surface area contributed by atoms with Gasteiger partial charge in [0.1, 0.15) is 4.90 Å². The van der Waals surface area contributed by atoms with Gasteiger partial charge in [0, 0.05) is 11.4 Å². The minimum Gasteiger partial charge on any atom is -0.323 e. The number of para-hydroxylation sites is 1. The van der Waals surface area contributed by atoms with Crippen LogP contribution in [-0.2, 0) is 16.6 Å². The van der Waals surface area contributed by atoms with E-state index >= 15 is 0 Å². The molecule has 0 unspecified atom stereocenters. The van der Waals surface area contributed by atoms with Gasteiger partial charge in [-0.25, -0.2) is 13.1 Å². The number of anilines is 1. The number of rotatable bonds is 5. The maximum absolute atomic E-state index is 12.2. The Morgan fingerprint density at radius 3 is 2.58 bits per heavy atom. The van der Waals surface area contributed by atoms with E-state index in [1.807, 2.05) is 12.1 Å². The van der Waals surface area contributed by atoms with E-state index in [0.29, 0.717) is 5.69 Å². The Morgan fingerprint density at radius 1 is 1.21 bits per heavy atom. The first-order valence-electron chi connectivity index (χ1n) is 5.32. The van der Waals surface area contributed by atoms with Gasteiger partial charge in [0.25, 0.3) is 0 Å². The molecule has 2 aromatic rings.